The summed E-state index contributed by atoms with van der Waals surface area (Å²) < 4.78 is 10.8. The van der Waals surface area contributed by atoms with Gasteiger partial charge in [0.05, 0.1) is 26.3 Å². The minimum Gasteiger partial charge on any atom is -0.497 e. The molecule has 1 aliphatic carbocycles. The zero-order valence-electron chi connectivity index (χ0n) is 15.9. The van der Waals surface area contributed by atoms with Gasteiger partial charge in [-0.15, -0.1) is 11.3 Å². The molecule has 1 aliphatic rings. The number of aromatic nitrogens is 1. The van der Waals surface area contributed by atoms with Crippen molar-refractivity contribution in [3.8, 4) is 22.1 Å². The molecule has 2 heterocycles. The van der Waals surface area contributed by atoms with Crippen LogP contribution < -0.4 is 9.47 Å². The molecule has 2 aromatic heterocycles. The minimum absolute atomic E-state index is 0.106. The number of methoxy groups -OCH3 is 2. The highest BCUT2D eigenvalue weighted by Gasteiger charge is 2.33. The number of carbonyl (C=O) groups excluding carboxylic acids is 1. The van der Waals surface area contributed by atoms with E-state index in [-0.39, 0.29) is 5.91 Å². The number of thiazole rings is 1. The summed E-state index contributed by atoms with van der Waals surface area (Å²) in [6.45, 7) is 0.519. The van der Waals surface area contributed by atoms with Crippen molar-refractivity contribution in [2.45, 2.75) is 31.8 Å². The first kappa shape index (κ1) is 19.0. The van der Waals surface area contributed by atoms with Crippen LogP contribution in [0.5, 0.6) is 11.5 Å². The average molecular weight is 415 g/mol. The topological polar surface area (TPSA) is 51.7 Å². The van der Waals surface area contributed by atoms with Crippen molar-refractivity contribution in [3.05, 3.63) is 51.7 Å². The molecule has 1 fully saturated rings. The fourth-order valence-electron chi connectivity index (χ4n) is 3.16. The summed E-state index contributed by atoms with van der Waals surface area (Å²) in [6, 6.07) is 8.06. The summed E-state index contributed by atoms with van der Waals surface area (Å²) in [4.78, 5) is 19.7. The van der Waals surface area contributed by atoms with Gasteiger partial charge in [-0.1, -0.05) is 0 Å². The molecule has 1 aromatic carbocycles. The predicted molar refractivity (Wildman–Crippen MR) is 112 cm³/mol. The summed E-state index contributed by atoms with van der Waals surface area (Å²) in [5, 5.41) is 7.08. The molecule has 0 radical (unpaired) electrons. The van der Waals surface area contributed by atoms with E-state index in [0.717, 1.165) is 46.2 Å². The molecule has 3 aromatic rings. The molecule has 4 rings (SSSR count). The average Bonchev–Trinajstić information content (AvgIpc) is 3.19. The fourth-order valence-corrected chi connectivity index (χ4v) is 4.69. The molecule has 0 saturated heterocycles. The number of hydrogen-bond donors (Lipinski definition) is 0. The number of rotatable bonds is 8. The quantitative estimate of drug-likeness (QED) is 0.540. The molecule has 0 atom stereocenters. The third kappa shape index (κ3) is 4.20. The van der Waals surface area contributed by atoms with Gasteiger partial charge >= 0.3 is 0 Å². The Hall–Kier alpha value is -2.38. The largest absolute Gasteiger partial charge is 0.497 e. The normalized spacial score (nSPS) is 13.4. The highest BCUT2D eigenvalue weighted by molar-refractivity contribution is 7.14. The van der Waals surface area contributed by atoms with Crippen molar-refractivity contribution in [1.29, 1.82) is 0 Å². The molecule has 1 amide bonds. The molecule has 1 saturated carbocycles. The summed E-state index contributed by atoms with van der Waals surface area (Å²) >= 11 is 3.24. The van der Waals surface area contributed by atoms with Gasteiger partial charge < -0.3 is 14.4 Å². The van der Waals surface area contributed by atoms with Gasteiger partial charge in [-0.2, -0.15) is 11.3 Å². The van der Waals surface area contributed by atoms with Crippen LogP contribution in [0.3, 0.4) is 0 Å². The molecular weight excluding hydrogens is 392 g/mol. The molecule has 0 aliphatic heterocycles. The Balaban J connectivity index is 1.50. The molecule has 0 unspecified atom stereocenters. The zero-order chi connectivity index (χ0) is 19.5. The van der Waals surface area contributed by atoms with Gasteiger partial charge in [-0.05, 0) is 42.5 Å². The lowest BCUT2D eigenvalue weighted by Gasteiger charge is -2.23. The molecule has 5 nitrogen and oxygen atoms in total. The van der Waals surface area contributed by atoms with Crippen LogP contribution in [0.2, 0.25) is 0 Å². The summed E-state index contributed by atoms with van der Waals surface area (Å²) in [5.74, 6) is 1.64. The van der Waals surface area contributed by atoms with Gasteiger partial charge in [-0.25, -0.2) is 4.98 Å². The lowest BCUT2D eigenvalue weighted by Crippen LogP contribution is -2.34. The van der Waals surface area contributed by atoms with Gasteiger partial charge in [0.2, 0.25) is 5.91 Å². The Morgan fingerprint density at radius 2 is 2.07 bits per heavy atom. The lowest BCUT2D eigenvalue weighted by molar-refractivity contribution is -0.131. The first-order valence-electron chi connectivity index (χ1n) is 9.15. The monoisotopic (exact) mass is 414 g/mol. The third-order valence-corrected chi connectivity index (χ3v) is 6.41. The SMILES string of the molecule is COc1ccc(OC)c(CN(C(=O)Cc2csc(-c3ccsc3)n2)C2CC2)c1. The van der Waals surface area contributed by atoms with Crippen molar-refractivity contribution >= 4 is 28.6 Å². The number of carbonyl (C=O) groups is 1. The second kappa shape index (κ2) is 8.32. The molecule has 146 valence electrons. The van der Waals surface area contributed by atoms with Crippen LogP contribution in [-0.2, 0) is 17.8 Å². The van der Waals surface area contributed by atoms with Crippen LogP contribution in [0.4, 0.5) is 0 Å². The number of amides is 1. The van der Waals surface area contributed by atoms with E-state index in [1.165, 1.54) is 0 Å². The van der Waals surface area contributed by atoms with E-state index in [4.69, 9.17) is 9.47 Å². The maximum Gasteiger partial charge on any atom is 0.229 e. The van der Waals surface area contributed by atoms with Crippen LogP contribution >= 0.6 is 22.7 Å². The van der Waals surface area contributed by atoms with Crippen LogP contribution in [0.15, 0.2) is 40.4 Å². The first-order valence-corrected chi connectivity index (χ1v) is 11.0. The minimum atomic E-state index is 0.106. The maximum absolute atomic E-state index is 13.1. The number of nitrogens with zero attached hydrogens (tertiary/aromatic N) is 2. The van der Waals surface area contributed by atoms with E-state index in [9.17, 15) is 4.79 Å². The molecule has 0 spiro atoms. The number of ether oxygens (including phenoxy) is 2. The number of thiophene rings is 1. The van der Waals surface area contributed by atoms with Gasteiger partial charge in [0.1, 0.15) is 16.5 Å². The molecule has 0 bridgehead atoms. The number of hydrogen-bond acceptors (Lipinski definition) is 6. The van der Waals surface area contributed by atoms with Crippen LogP contribution in [-0.4, -0.2) is 36.1 Å². The summed E-state index contributed by atoms with van der Waals surface area (Å²) in [7, 11) is 3.29. The van der Waals surface area contributed by atoms with Gasteiger partial charge in [-0.3, -0.25) is 4.79 Å². The van der Waals surface area contributed by atoms with Crippen LogP contribution in [0, 0.1) is 0 Å². The van der Waals surface area contributed by atoms with Crippen LogP contribution in [0.1, 0.15) is 24.1 Å². The van der Waals surface area contributed by atoms with E-state index in [1.54, 1.807) is 36.9 Å². The van der Waals surface area contributed by atoms with E-state index >= 15 is 0 Å². The van der Waals surface area contributed by atoms with E-state index in [1.807, 2.05) is 33.9 Å². The van der Waals surface area contributed by atoms with Crippen molar-refractivity contribution in [1.82, 2.24) is 9.88 Å². The Morgan fingerprint density at radius 3 is 2.75 bits per heavy atom. The Kier molecular flexibility index (Phi) is 5.64. The van der Waals surface area contributed by atoms with E-state index in [2.05, 4.69) is 16.4 Å². The van der Waals surface area contributed by atoms with Gasteiger partial charge in [0, 0.05) is 34.5 Å². The van der Waals surface area contributed by atoms with Crippen molar-refractivity contribution in [3.63, 3.8) is 0 Å². The second-order valence-corrected chi connectivity index (χ2v) is 8.40. The lowest BCUT2D eigenvalue weighted by atomic mass is 10.1. The summed E-state index contributed by atoms with van der Waals surface area (Å²) in [5.41, 5.74) is 2.91. The first-order chi connectivity index (χ1) is 13.7. The predicted octanol–water partition coefficient (Wildman–Crippen LogP) is 4.62. The van der Waals surface area contributed by atoms with Crippen molar-refractivity contribution in [2.75, 3.05) is 14.2 Å². The Morgan fingerprint density at radius 1 is 1.21 bits per heavy atom. The van der Waals surface area contributed by atoms with Gasteiger partial charge in [0.15, 0.2) is 0 Å². The zero-order valence-corrected chi connectivity index (χ0v) is 17.5. The van der Waals surface area contributed by atoms with E-state index < -0.39 is 0 Å². The van der Waals surface area contributed by atoms with Crippen molar-refractivity contribution < 1.29 is 14.3 Å². The maximum atomic E-state index is 13.1. The third-order valence-electron chi connectivity index (χ3n) is 4.79. The standard InChI is InChI=1S/C21H22N2O3S2/c1-25-18-5-6-19(26-2)15(9-18)11-23(17-3-4-17)20(24)10-16-13-28-21(22-16)14-7-8-27-12-14/h5-9,12-13,17H,3-4,10-11H2,1-2H3. The summed E-state index contributed by atoms with van der Waals surface area (Å²) in [6.07, 6.45) is 2.42. The molecular formula is C21H22N2O3S2. The molecule has 28 heavy (non-hydrogen) atoms. The Labute approximate surface area is 172 Å². The molecule has 7 heteroatoms. The highest BCUT2D eigenvalue weighted by atomic mass is 32.1. The van der Waals surface area contributed by atoms with Gasteiger partial charge in [0.25, 0.3) is 0 Å². The second-order valence-electron chi connectivity index (χ2n) is 6.76. The fraction of sp³-hybridized carbons (Fsp3) is 0.333. The van der Waals surface area contributed by atoms with E-state index in [0.29, 0.717) is 19.0 Å². The molecule has 0 N–H and O–H groups in total. The number of benzene rings is 1. The Bertz CT molecular complexity index is 948. The van der Waals surface area contributed by atoms with Crippen LogP contribution in [0.25, 0.3) is 10.6 Å². The highest BCUT2D eigenvalue weighted by Crippen LogP contribution is 2.33. The smallest absolute Gasteiger partial charge is 0.229 e. The van der Waals surface area contributed by atoms with Crippen molar-refractivity contribution in [2.24, 2.45) is 0 Å².